The highest BCUT2D eigenvalue weighted by Crippen LogP contribution is 2.45. The second-order valence-corrected chi connectivity index (χ2v) is 10.3. The molecule has 3 atom stereocenters. The van der Waals surface area contributed by atoms with Gasteiger partial charge in [0.05, 0.1) is 24.8 Å². The van der Waals surface area contributed by atoms with Crippen molar-refractivity contribution in [2.24, 2.45) is 0 Å². The SMILES string of the molecule is COc1ccc([C@H]2c3[nH]c4ccccc4c3C[C@H]3C(=O)N(c4ccccc4C(=O)N[C@@H](CC(=O)O)C(=O)O)C(=O)N23)cc1. The lowest BCUT2D eigenvalue weighted by Crippen LogP contribution is -2.44. The summed E-state index contributed by atoms with van der Waals surface area (Å²) in [5.74, 6) is -3.80. The van der Waals surface area contributed by atoms with Crippen LogP contribution in [-0.2, 0) is 20.8 Å². The summed E-state index contributed by atoms with van der Waals surface area (Å²) < 4.78 is 5.31. The van der Waals surface area contributed by atoms with E-state index in [1.807, 2.05) is 36.4 Å². The number of nitrogens with zero attached hydrogens (tertiary/aromatic N) is 2. The van der Waals surface area contributed by atoms with E-state index in [4.69, 9.17) is 9.84 Å². The molecule has 43 heavy (non-hydrogen) atoms. The number of fused-ring (bicyclic) bond motifs is 4. The van der Waals surface area contributed by atoms with Gasteiger partial charge >= 0.3 is 18.0 Å². The maximum Gasteiger partial charge on any atom is 0.332 e. The molecule has 1 saturated heterocycles. The molecule has 4 aromatic rings. The first kappa shape index (κ1) is 27.5. The van der Waals surface area contributed by atoms with Gasteiger partial charge < -0.3 is 25.3 Å². The highest BCUT2D eigenvalue weighted by molar-refractivity contribution is 6.24. The Hall–Kier alpha value is -5.65. The third-order valence-electron chi connectivity index (χ3n) is 7.85. The number of hydrogen-bond acceptors (Lipinski definition) is 6. The smallest absolute Gasteiger partial charge is 0.332 e. The van der Waals surface area contributed by atoms with Crippen LogP contribution in [0.4, 0.5) is 10.5 Å². The maximum atomic E-state index is 14.2. The van der Waals surface area contributed by atoms with Crippen molar-refractivity contribution < 1.29 is 38.9 Å². The number of carbonyl (C=O) groups is 5. The van der Waals surface area contributed by atoms with Crippen LogP contribution < -0.4 is 15.0 Å². The number of aliphatic carboxylic acids is 2. The van der Waals surface area contributed by atoms with Crippen molar-refractivity contribution in [1.29, 1.82) is 0 Å². The maximum absolute atomic E-state index is 14.2. The normalized spacial score (nSPS) is 18.3. The zero-order valence-electron chi connectivity index (χ0n) is 22.8. The highest BCUT2D eigenvalue weighted by Gasteiger charge is 2.53. The summed E-state index contributed by atoms with van der Waals surface area (Å²) in [5.41, 5.74) is 3.11. The number of carbonyl (C=O) groups excluding carboxylic acids is 3. The molecule has 6 rings (SSSR count). The Morgan fingerprint density at radius 2 is 1.70 bits per heavy atom. The van der Waals surface area contributed by atoms with Crippen molar-refractivity contribution in [2.75, 3.05) is 12.0 Å². The Balaban J connectivity index is 1.42. The third kappa shape index (κ3) is 4.62. The molecule has 0 aliphatic carbocycles. The van der Waals surface area contributed by atoms with Gasteiger partial charge in [-0.2, -0.15) is 0 Å². The molecule has 2 aliphatic rings. The van der Waals surface area contributed by atoms with Crippen molar-refractivity contribution in [3.63, 3.8) is 0 Å². The average molecular weight is 583 g/mol. The summed E-state index contributed by atoms with van der Waals surface area (Å²) in [7, 11) is 1.55. The fourth-order valence-electron chi connectivity index (χ4n) is 5.90. The minimum atomic E-state index is -1.72. The number of anilines is 1. The van der Waals surface area contributed by atoms with E-state index in [0.29, 0.717) is 5.75 Å². The number of hydrogen-bond donors (Lipinski definition) is 4. The van der Waals surface area contributed by atoms with Gasteiger partial charge in [-0.25, -0.2) is 14.5 Å². The third-order valence-corrected chi connectivity index (χ3v) is 7.85. The number of amides is 4. The van der Waals surface area contributed by atoms with Gasteiger partial charge in [-0.3, -0.25) is 19.3 Å². The van der Waals surface area contributed by atoms with Gasteiger partial charge in [-0.05, 0) is 41.5 Å². The number of imide groups is 1. The fraction of sp³-hybridized carbons (Fsp3) is 0.194. The minimum Gasteiger partial charge on any atom is -0.497 e. The summed E-state index contributed by atoms with van der Waals surface area (Å²) in [6, 6.07) is 16.8. The fourth-order valence-corrected chi connectivity index (χ4v) is 5.90. The van der Waals surface area contributed by atoms with Gasteiger partial charge in [-0.15, -0.1) is 0 Å². The number of H-pyrrole nitrogens is 1. The Bertz CT molecular complexity index is 1800. The van der Waals surface area contributed by atoms with Crippen LogP contribution in [0.1, 0.15) is 39.6 Å². The average Bonchev–Trinajstić information content (AvgIpc) is 3.49. The lowest BCUT2D eigenvalue weighted by atomic mass is 9.89. The van der Waals surface area contributed by atoms with Crippen molar-refractivity contribution >= 4 is 46.4 Å². The van der Waals surface area contributed by atoms with Crippen LogP contribution >= 0.6 is 0 Å². The molecule has 2 aliphatic heterocycles. The van der Waals surface area contributed by atoms with E-state index in [2.05, 4.69) is 10.3 Å². The molecule has 12 nitrogen and oxygen atoms in total. The predicted octanol–water partition coefficient (Wildman–Crippen LogP) is 3.32. The number of benzene rings is 3. The monoisotopic (exact) mass is 582 g/mol. The number of para-hydroxylation sites is 2. The number of carboxylic acids is 2. The van der Waals surface area contributed by atoms with Crippen LogP contribution in [0, 0.1) is 0 Å². The number of carboxylic acid groups (broad SMARTS) is 2. The number of rotatable bonds is 8. The van der Waals surface area contributed by atoms with Crippen molar-refractivity contribution in [3.05, 3.63) is 95.2 Å². The van der Waals surface area contributed by atoms with E-state index in [-0.39, 0.29) is 17.7 Å². The topological polar surface area (TPSA) is 169 Å². The van der Waals surface area contributed by atoms with Crippen LogP contribution in [-0.4, -0.2) is 69.1 Å². The van der Waals surface area contributed by atoms with E-state index < -0.39 is 54.3 Å². The Labute approximate surface area is 244 Å². The van der Waals surface area contributed by atoms with Gasteiger partial charge in [0.25, 0.3) is 11.8 Å². The van der Waals surface area contributed by atoms with E-state index in [1.54, 1.807) is 25.3 Å². The van der Waals surface area contributed by atoms with Crippen LogP contribution in [0.5, 0.6) is 5.75 Å². The Kier molecular flexibility index (Phi) is 6.81. The molecule has 0 unspecified atom stereocenters. The number of ether oxygens (including phenoxy) is 1. The van der Waals surface area contributed by atoms with Gasteiger partial charge in [0.1, 0.15) is 23.9 Å². The molecule has 12 heteroatoms. The molecule has 218 valence electrons. The molecule has 0 saturated carbocycles. The van der Waals surface area contributed by atoms with E-state index in [0.717, 1.165) is 32.6 Å². The van der Waals surface area contributed by atoms with Gasteiger partial charge in [0, 0.05) is 23.0 Å². The van der Waals surface area contributed by atoms with Gasteiger partial charge in [-0.1, -0.05) is 42.5 Å². The molecule has 0 spiro atoms. The number of nitrogens with one attached hydrogen (secondary N) is 2. The summed E-state index contributed by atoms with van der Waals surface area (Å²) in [6.45, 7) is 0. The lowest BCUT2D eigenvalue weighted by molar-refractivity contribution is -0.145. The second kappa shape index (κ2) is 10.6. The molecule has 4 N–H and O–H groups in total. The summed E-state index contributed by atoms with van der Waals surface area (Å²) in [5, 5.41) is 21.6. The number of aromatic nitrogens is 1. The van der Waals surface area contributed by atoms with Crippen molar-refractivity contribution in [3.8, 4) is 5.75 Å². The largest absolute Gasteiger partial charge is 0.497 e. The van der Waals surface area contributed by atoms with Crippen LogP contribution in [0.25, 0.3) is 10.9 Å². The predicted molar refractivity (Wildman–Crippen MR) is 153 cm³/mol. The summed E-state index contributed by atoms with van der Waals surface area (Å²) in [6.07, 6.45) is -0.614. The molecule has 1 fully saturated rings. The standard InChI is InChI=1S/C31H26N4O8/c1-43-17-12-10-16(11-13-17)27-26-20(18-6-2-4-8-21(18)32-26)14-24-29(39)35(31(42)34(24)27)23-9-5-3-7-19(23)28(38)33-22(30(40)41)15-25(36)37/h2-13,22,24,27,32H,14-15H2,1H3,(H,33,38)(H,36,37)(H,40,41)/t22-,24-,27-/m0/s1. The molecule has 0 bridgehead atoms. The van der Waals surface area contributed by atoms with Crippen LogP contribution in [0.3, 0.4) is 0 Å². The molecule has 1 aromatic heterocycles. The molecule has 4 amide bonds. The number of urea groups is 1. The Morgan fingerprint density at radius 3 is 2.40 bits per heavy atom. The Morgan fingerprint density at radius 1 is 1.00 bits per heavy atom. The highest BCUT2D eigenvalue weighted by atomic mass is 16.5. The quantitative estimate of drug-likeness (QED) is 0.229. The van der Waals surface area contributed by atoms with Crippen LogP contribution in [0.2, 0.25) is 0 Å². The number of aromatic amines is 1. The first-order valence-electron chi connectivity index (χ1n) is 13.4. The summed E-state index contributed by atoms with van der Waals surface area (Å²) in [4.78, 5) is 70.2. The minimum absolute atomic E-state index is 0.0362. The van der Waals surface area contributed by atoms with Crippen molar-refractivity contribution in [1.82, 2.24) is 15.2 Å². The van der Waals surface area contributed by atoms with Gasteiger partial charge in [0.2, 0.25) is 0 Å². The zero-order valence-corrected chi connectivity index (χ0v) is 22.8. The first-order valence-corrected chi connectivity index (χ1v) is 13.4. The van der Waals surface area contributed by atoms with Crippen molar-refractivity contribution in [2.45, 2.75) is 31.0 Å². The molecule has 3 aromatic carbocycles. The molecular weight excluding hydrogens is 556 g/mol. The summed E-state index contributed by atoms with van der Waals surface area (Å²) >= 11 is 0. The first-order chi connectivity index (χ1) is 20.7. The lowest BCUT2D eigenvalue weighted by Gasteiger charge is -2.36. The van der Waals surface area contributed by atoms with E-state index >= 15 is 0 Å². The van der Waals surface area contributed by atoms with Gasteiger partial charge in [0.15, 0.2) is 0 Å². The molecule has 0 radical (unpaired) electrons. The van der Waals surface area contributed by atoms with Crippen LogP contribution in [0.15, 0.2) is 72.8 Å². The van der Waals surface area contributed by atoms with E-state index in [9.17, 15) is 29.1 Å². The zero-order chi connectivity index (χ0) is 30.4. The molecular formula is C31H26N4O8. The van der Waals surface area contributed by atoms with E-state index in [1.165, 1.54) is 23.1 Å². The number of methoxy groups -OCH3 is 1. The second-order valence-electron chi connectivity index (χ2n) is 10.3. The molecule has 3 heterocycles.